The Morgan fingerprint density at radius 3 is 2.39 bits per heavy atom. The topological polar surface area (TPSA) is 61.9 Å². The van der Waals surface area contributed by atoms with Crippen molar-refractivity contribution in [3.8, 4) is 0 Å². The van der Waals surface area contributed by atoms with Crippen LogP contribution >= 0.6 is 0 Å². The molecular formula is C22H33N3O3. The lowest BCUT2D eigenvalue weighted by Gasteiger charge is -2.43. The first-order valence-corrected chi connectivity index (χ1v) is 10.5. The van der Waals surface area contributed by atoms with E-state index in [1.54, 1.807) is 12.1 Å². The first-order chi connectivity index (χ1) is 13.5. The lowest BCUT2D eigenvalue weighted by molar-refractivity contribution is -0.127. The molecule has 1 aromatic rings. The van der Waals surface area contributed by atoms with Gasteiger partial charge in [0.15, 0.2) is 0 Å². The summed E-state index contributed by atoms with van der Waals surface area (Å²) in [5.74, 6) is -0.155. The average molecular weight is 388 g/mol. The molecule has 6 heteroatoms. The standard InChI is InChI=1S/C22H33N3O3/c1-16-15-24(20-11-9-18(10-12-20)22(27)28-3)13-14-25(16)17(2)21(26)23-19-7-5-4-6-8-19/h9-12,16-17,19H,4-8,13-15H2,1-3H3,(H,23,26). The number of piperazine rings is 1. The number of benzene rings is 1. The zero-order valence-electron chi connectivity index (χ0n) is 17.3. The Hall–Kier alpha value is -2.08. The molecule has 1 saturated carbocycles. The monoisotopic (exact) mass is 387 g/mol. The number of ether oxygens (including phenoxy) is 1. The SMILES string of the molecule is COC(=O)c1ccc(N2CCN(C(C)C(=O)NC3CCCCC3)C(C)C2)cc1. The van der Waals surface area contributed by atoms with Crippen LogP contribution in [0.3, 0.4) is 0 Å². The molecule has 154 valence electrons. The maximum Gasteiger partial charge on any atom is 0.337 e. The number of anilines is 1. The second-order valence-electron chi connectivity index (χ2n) is 8.09. The molecule has 0 spiro atoms. The van der Waals surface area contributed by atoms with Crippen molar-refractivity contribution in [1.82, 2.24) is 10.2 Å². The minimum atomic E-state index is -0.317. The number of methoxy groups -OCH3 is 1. The maximum atomic E-state index is 12.7. The maximum absolute atomic E-state index is 12.7. The summed E-state index contributed by atoms with van der Waals surface area (Å²) in [4.78, 5) is 28.9. The second-order valence-corrected chi connectivity index (χ2v) is 8.09. The molecule has 2 aliphatic rings. The Balaban J connectivity index is 1.55. The molecule has 3 rings (SSSR count). The van der Waals surface area contributed by atoms with Crippen LogP contribution in [0.25, 0.3) is 0 Å². The van der Waals surface area contributed by atoms with E-state index in [2.05, 4.69) is 22.0 Å². The van der Waals surface area contributed by atoms with Crippen molar-refractivity contribution in [3.63, 3.8) is 0 Å². The van der Waals surface area contributed by atoms with E-state index in [1.165, 1.54) is 26.4 Å². The Morgan fingerprint density at radius 1 is 1.11 bits per heavy atom. The highest BCUT2D eigenvalue weighted by Crippen LogP contribution is 2.22. The van der Waals surface area contributed by atoms with Gasteiger partial charge in [0.2, 0.25) is 5.91 Å². The van der Waals surface area contributed by atoms with Crippen LogP contribution in [0.1, 0.15) is 56.3 Å². The number of carbonyl (C=O) groups excluding carboxylic acids is 2. The van der Waals surface area contributed by atoms with Crippen molar-refractivity contribution in [1.29, 1.82) is 0 Å². The summed E-state index contributed by atoms with van der Waals surface area (Å²) in [6.45, 7) is 6.77. The summed E-state index contributed by atoms with van der Waals surface area (Å²) in [6, 6.07) is 8.06. The summed E-state index contributed by atoms with van der Waals surface area (Å²) >= 11 is 0. The molecule has 0 aromatic heterocycles. The van der Waals surface area contributed by atoms with Crippen molar-refractivity contribution < 1.29 is 14.3 Å². The third kappa shape index (κ3) is 4.85. The lowest BCUT2D eigenvalue weighted by atomic mass is 9.95. The van der Waals surface area contributed by atoms with E-state index < -0.39 is 0 Å². The van der Waals surface area contributed by atoms with E-state index in [1.807, 2.05) is 19.1 Å². The van der Waals surface area contributed by atoms with E-state index in [0.29, 0.717) is 11.6 Å². The quantitative estimate of drug-likeness (QED) is 0.787. The Bertz CT molecular complexity index is 670. The summed E-state index contributed by atoms with van der Waals surface area (Å²) in [5.41, 5.74) is 1.66. The minimum absolute atomic E-state index is 0.110. The molecule has 2 unspecified atom stereocenters. The highest BCUT2D eigenvalue weighted by atomic mass is 16.5. The predicted octanol–water partition coefficient (Wildman–Crippen LogP) is 2.82. The number of hydrogen-bond donors (Lipinski definition) is 1. The highest BCUT2D eigenvalue weighted by Gasteiger charge is 2.31. The van der Waals surface area contributed by atoms with Gasteiger partial charge in [-0.05, 0) is 51.0 Å². The van der Waals surface area contributed by atoms with Gasteiger partial charge in [0.25, 0.3) is 0 Å². The van der Waals surface area contributed by atoms with Crippen molar-refractivity contribution in [2.24, 2.45) is 0 Å². The highest BCUT2D eigenvalue weighted by molar-refractivity contribution is 5.89. The van der Waals surface area contributed by atoms with Crippen LogP contribution in [-0.4, -0.2) is 61.6 Å². The predicted molar refractivity (Wildman–Crippen MR) is 111 cm³/mol. The molecule has 2 fully saturated rings. The minimum Gasteiger partial charge on any atom is -0.465 e. The number of rotatable bonds is 5. The summed E-state index contributed by atoms with van der Waals surface area (Å²) in [6.07, 6.45) is 5.97. The van der Waals surface area contributed by atoms with Crippen LogP contribution in [-0.2, 0) is 9.53 Å². The molecule has 1 saturated heterocycles. The zero-order valence-corrected chi connectivity index (χ0v) is 17.3. The van der Waals surface area contributed by atoms with Gasteiger partial charge in [0, 0.05) is 37.4 Å². The molecular weight excluding hydrogens is 354 g/mol. The fourth-order valence-corrected chi connectivity index (χ4v) is 4.43. The Labute approximate surface area is 168 Å². The molecule has 1 aromatic carbocycles. The van der Waals surface area contributed by atoms with Gasteiger partial charge in [-0.2, -0.15) is 0 Å². The fraction of sp³-hybridized carbons (Fsp3) is 0.636. The number of esters is 1. The van der Waals surface area contributed by atoms with Crippen molar-refractivity contribution >= 4 is 17.6 Å². The molecule has 1 heterocycles. The number of amides is 1. The molecule has 0 radical (unpaired) electrons. The van der Waals surface area contributed by atoms with Crippen molar-refractivity contribution in [2.75, 3.05) is 31.6 Å². The molecule has 1 amide bonds. The average Bonchev–Trinajstić information content (AvgIpc) is 2.73. The summed E-state index contributed by atoms with van der Waals surface area (Å²) in [7, 11) is 1.39. The van der Waals surface area contributed by atoms with Gasteiger partial charge < -0.3 is 15.0 Å². The molecule has 6 nitrogen and oxygen atoms in total. The first kappa shape index (κ1) is 20.6. The number of carbonyl (C=O) groups is 2. The molecule has 28 heavy (non-hydrogen) atoms. The molecule has 1 N–H and O–H groups in total. The lowest BCUT2D eigenvalue weighted by Crippen LogP contribution is -2.59. The van der Waals surface area contributed by atoms with Crippen LogP contribution in [0, 0.1) is 0 Å². The summed E-state index contributed by atoms with van der Waals surface area (Å²) in [5, 5.41) is 3.26. The third-order valence-corrected chi connectivity index (χ3v) is 6.16. The van der Waals surface area contributed by atoms with E-state index in [0.717, 1.165) is 38.2 Å². The fourth-order valence-electron chi connectivity index (χ4n) is 4.43. The largest absolute Gasteiger partial charge is 0.465 e. The van der Waals surface area contributed by atoms with Crippen LogP contribution in [0.2, 0.25) is 0 Å². The molecule has 1 aliphatic carbocycles. The van der Waals surface area contributed by atoms with Gasteiger partial charge in [-0.1, -0.05) is 19.3 Å². The Kier molecular flexibility index (Phi) is 6.94. The van der Waals surface area contributed by atoms with Crippen LogP contribution < -0.4 is 10.2 Å². The van der Waals surface area contributed by atoms with Crippen LogP contribution in [0.5, 0.6) is 0 Å². The van der Waals surface area contributed by atoms with Crippen molar-refractivity contribution in [2.45, 2.75) is 64.1 Å². The third-order valence-electron chi connectivity index (χ3n) is 6.16. The molecule has 0 bridgehead atoms. The normalized spacial score (nSPS) is 22.5. The van der Waals surface area contributed by atoms with E-state index >= 15 is 0 Å². The number of nitrogens with one attached hydrogen (secondary N) is 1. The number of hydrogen-bond acceptors (Lipinski definition) is 5. The molecule has 1 aliphatic heterocycles. The van der Waals surface area contributed by atoms with Gasteiger partial charge in [-0.3, -0.25) is 9.69 Å². The van der Waals surface area contributed by atoms with Crippen LogP contribution in [0.15, 0.2) is 24.3 Å². The molecule has 2 atom stereocenters. The van der Waals surface area contributed by atoms with Gasteiger partial charge >= 0.3 is 5.97 Å². The first-order valence-electron chi connectivity index (χ1n) is 10.5. The van der Waals surface area contributed by atoms with E-state index in [-0.39, 0.29) is 24.0 Å². The van der Waals surface area contributed by atoms with Crippen molar-refractivity contribution in [3.05, 3.63) is 29.8 Å². The van der Waals surface area contributed by atoms with Crippen LogP contribution in [0.4, 0.5) is 5.69 Å². The van der Waals surface area contributed by atoms with E-state index in [9.17, 15) is 9.59 Å². The summed E-state index contributed by atoms with van der Waals surface area (Å²) < 4.78 is 4.76. The second kappa shape index (κ2) is 9.41. The zero-order chi connectivity index (χ0) is 20.1. The number of nitrogens with zero attached hydrogens (tertiary/aromatic N) is 2. The van der Waals surface area contributed by atoms with Gasteiger partial charge in [-0.25, -0.2) is 4.79 Å². The smallest absolute Gasteiger partial charge is 0.337 e. The Morgan fingerprint density at radius 2 is 1.79 bits per heavy atom. The van der Waals surface area contributed by atoms with Gasteiger partial charge in [-0.15, -0.1) is 0 Å². The van der Waals surface area contributed by atoms with Gasteiger partial charge in [0.05, 0.1) is 18.7 Å². The van der Waals surface area contributed by atoms with E-state index in [4.69, 9.17) is 4.74 Å². The van der Waals surface area contributed by atoms with Gasteiger partial charge in [0.1, 0.15) is 0 Å².